The first kappa shape index (κ1) is 38.2. The number of nitrogens with zero attached hydrogens (tertiary/aromatic N) is 4. The van der Waals surface area contributed by atoms with Crippen molar-refractivity contribution in [3.63, 3.8) is 0 Å². The zero-order valence-corrected chi connectivity index (χ0v) is 33.6. The molecule has 26 heterocycles. The van der Waals surface area contributed by atoms with Crippen LogP contribution in [0.3, 0.4) is 0 Å². The summed E-state index contributed by atoms with van der Waals surface area (Å²) in [5, 5.41) is 0. The zero-order valence-electron chi connectivity index (χ0n) is 33.6. The molecule has 0 amide bonds. The molecule has 8 nitrogen and oxygen atoms in total. The Balaban J connectivity index is 0.854. The average Bonchev–Trinajstić information content (AvgIpc) is 3.30. The van der Waals surface area contributed by atoms with Crippen LogP contribution in [0.1, 0.15) is 22.3 Å². The van der Waals surface area contributed by atoms with Crippen molar-refractivity contribution in [3.05, 3.63) is 217 Å². The number of rotatable bonds is 0. The van der Waals surface area contributed by atoms with Crippen LogP contribution >= 0.6 is 0 Å². The second kappa shape index (κ2) is 18.5. The van der Waals surface area contributed by atoms with Gasteiger partial charge in [-0.05, 0) is 119 Å². The lowest BCUT2D eigenvalue weighted by Gasteiger charge is -2.09. The Labute approximate surface area is 351 Å². The molecule has 22 aliphatic heterocycles. The Morgan fingerprint density at radius 3 is 0.600 bits per heavy atom. The summed E-state index contributed by atoms with van der Waals surface area (Å²) in [6.45, 7) is 4.96. The Kier molecular flexibility index (Phi) is 11.8. The maximum atomic E-state index is 5.99. The van der Waals surface area contributed by atoms with Gasteiger partial charge in [0.2, 0.25) is 0 Å². The molecular formula is C52H48N4O4+4. The lowest BCUT2D eigenvalue weighted by Crippen LogP contribution is -2.33. The molecule has 0 atom stereocenters. The molecule has 30 rings (SSSR count). The van der Waals surface area contributed by atoms with Crippen molar-refractivity contribution >= 4 is 0 Å². The second-order valence-corrected chi connectivity index (χ2v) is 15.0. The van der Waals surface area contributed by atoms with Crippen molar-refractivity contribution in [2.75, 3.05) is 26.4 Å². The smallest absolute Gasteiger partial charge is 0.173 e. The van der Waals surface area contributed by atoms with Gasteiger partial charge in [-0.15, -0.1) is 0 Å². The maximum absolute atomic E-state index is 5.99. The highest BCUT2D eigenvalue weighted by molar-refractivity contribution is 5.61. The van der Waals surface area contributed by atoms with Crippen molar-refractivity contribution in [1.29, 1.82) is 0 Å². The van der Waals surface area contributed by atoms with Crippen LogP contribution in [-0.4, -0.2) is 26.4 Å². The molecule has 0 aliphatic carbocycles. The molecular weight excluding hydrogens is 745 g/mol. The topological polar surface area (TPSA) is 52.4 Å². The molecule has 22 aliphatic rings. The number of aromatic nitrogens is 4. The van der Waals surface area contributed by atoms with E-state index in [1.807, 2.05) is 48.5 Å². The van der Waals surface area contributed by atoms with Gasteiger partial charge in [0.25, 0.3) is 0 Å². The minimum Gasteiger partial charge on any atom is -0.490 e. The van der Waals surface area contributed by atoms with E-state index in [1.54, 1.807) is 0 Å². The maximum Gasteiger partial charge on any atom is 0.173 e. The minimum atomic E-state index is 0.465. The van der Waals surface area contributed by atoms with Gasteiger partial charge in [-0.1, -0.05) is 0 Å². The van der Waals surface area contributed by atoms with Crippen LogP contribution in [0.25, 0.3) is 22.3 Å². The van der Waals surface area contributed by atoms with Gasteiger partial charge >= 0.3 is 0 Å². The molecule has 0 spiro atoms. The van der Waals surface area contributed by atoms with Crippen LogP contribution in [0.5, 0.6) is 23.0 Å². The molecule has 8 aromatic rings. The normalized spacial score (nSPS) is 13.3. The van der Waals surface area contributed by atoms with Gasteiger partial charge in [0, 0.05) is 70.8 Å². The summed E-state index contributed by atoms with van der Waals surface area (Å²) in [5.41, 5.74) is 9.53. The third kappa shape index (κ3) is 10.2. The van der Waals surface area contributed by atoms with Crippen molar-refractivity contribution in [3.8, 4) is 45.3 Å². The standard InChI is InChI=1S/C52H48N4O4/c1-9-49-10-2-41(1)37-53-25-17-45(18-26-53)46-19-27-54(28-20-46)39-43-5-13-51(14-6-43)59-35-36-60-52-15-7-44(8-16-52)40-56-31-23-48(24-32-56)47-21-29-55(30-22-47)38-42-3-11-50(12-4-42)58-34-33-57-49/h1-32H,33-40H2/q+4. The summed E-state index contributed by atoms with van der Waals surface area (Å²) in [6, 6.07) is 50.4. The Bertz CT molecular complexity index is 2210. The van der Waals surface area contributed by atoms with Crippen LogP contribution in [0.4, 0.5) is 0 Å². The molecule has 296 valence electrons. The first-order valence-electron chi connectivity index (χ1n) is 20.5. The SMILES string of the molecule is c1cc2ccc1C[n+]1ccc(cc1)-c1cc[n+](cc1)Cc1ccc(cc1)OCCOc1ccc(cc1)C[n+]1ccc(cc1)-c1cc[n+](cc1)Cc1ccc(cc1)OCCO2. The van der Waals surface area contributed by atoms with Crippen LogP contribution in [0.15, 0.2) is 195 Å². The Morgan fingerprint density at radius 1 is 0.233 bits per heavy atom. The van der Waals surface area contributed by atoms with E-state index in [2.05, 4.69) is 165 Å². The van der Waals surface area contributed by atoms with E-state index in [-0.39, 0.29) is 0 Å². The molecule has 0 N–H and O–H groups in total. The van der Waals surface area contributed by atoms with E-state index >= 15 is 0 Å². The van der Waals surface area contributed by atoms with Gasteiger partial charge in [0.1, 0.15) is 49.4 Å². The van der Waals surface area contributed by atoms with Crippen LogP contribution in [0, 0.1) is 0 Å². The predicted molar refractivity (Wildman–Crippen MR) is 229 cm³/mol. The summed E-state index contributed by atoms with van der Waals surface area (Å²) in [7, 11) is 0. The van der Waals surface area contributed by atoms with E-state index in [9.17, 15) is 0 Å². The quantitative estimate of drug-likeness (QED) is 0.149. The highest BCUT2D eigenvalue weighted by atomic mass is 16.5. The molecule has 16 bridgehead atoms. The van der Waals surface area contributed by atoms with Crippen LogP contribution in [-0.2, 0) is 26.2 Å². The number of benzene rings is 4. The molecule has 8 heteroatoms. The third-order valence-electron chi connectivity index (χ3n) is 10.6. The van der Waals surface area contributed by atoms with Crippen LogP contribution in [0.2, 0.25) is 0 Å². The third-order valence-corrected chi connectivity index (χ3v) is 10.6. The summed E-state index contributed by atoms with van der Waals surface area (Å²) < 4.78 is 32.7. The van der Waals surface area contributed by atoms with Gasteiger partial charge in [-0.2, -0.15) is 0 Å². The molecule has 4 aromatic heterocycles. The van der Waals surface area contributed by atoms with E-state index in [0.29, 0.717) is 26.4 Å². The van der Waals surface area contributed by atoms with Crippen molar-refractivity contribution < 1.29 is 37.2 Å². The monoisotopic (exact) mass is 792 g/mol. The van der Waals surface area contributed by atoms with Gasteiger partial charge in [-0.25, -0.2) is 18.3 Å². The molecule has 4 aromatic carbocycles. The van der Waals surface area contributed by atoms with Crippen LogP contribution < -0.4 is 37.2 Å². The Hall–Kier alpha value is -7.32. The van der Waals surface area contributed by atoms with Crippen molar-refractivity contribution in [2.24, 2.45) is 0 Å². The number of hydrogen-bond donors (Lipinski definition) is 0. The summed E-state index contributed by atoms with van der Waals surface area (Å²) >= 11 is 0. The van der Waals surface area contributed by atoms with E-state index in [4.69, 9.17) is 18.9 Å². The fourth-order valence-electron chi connectivity index (χ4n) is 7.27. The average molecular weight is 793 g/mol. The molecule has 0 saturated carbocycles. The van der Waals surface area contributed by atoms with Gasteiger partial charge in [0.15, 0.2) is 75.8 Å². The van der Waals surface area contributed by atoms with Gasteiger partial charge < -0.3 is 18.9 Å². The summed E-state index contributed by atoms with van der Waals surface area (Å²) in [4.78, 5) is 0. The number of hydrogen-bond acceptors (Lipinski definition) is 4. The molecule has 0 saturated heterocycles. The van der Waals surface area contributed by atoms with Gasteiger partial charge in [0.05, 0.1) is 0 Å². The van der Waals surface area contributed by atoms with Gasteiger partial charge in [-0.3, -0.25) is 0 Å². The first-order chi connectivity index (χ1) is 29.6. The molecule has 60 heavy (non-hydrogen) atoms. The van der Waals surface area contributed by atoms with E-state index in [1.165, 1.54) is 44.5 Å². The predicted octanol–water partition coefficient (Wildman–Crippen LogP) is 7.59. The lowest BCUT2D eigenvalue weighted by molar-refractivity contribution is -0.688. The fourth-order valence-corrected chi connectivity index (χ4v) is 7.27. The molecule has 0 fully saturated rings. The highest BCUT2D eigenvalue weighted by Crippen LogP contribution is 2.20. The first-order valence-corrected chi connectivity index (χ1v) is 20.5. The second-order valence-electron chi connectivity index (χ2n) is 15.0. The summed E-state index contributed by atoms with van der Waals surface area (Å²) in [6.07, 6.45) is 17.0. The zero-order chi connectivity index (χ0) is 40.4. The van der Waals surface area contributed by atoms with E-state index < -0.39 is 0 Å². The molecule has 0 radical (unpaired) electrons. The highest BCUT2D eigenvalue weighted by Gasteiger charge is 2.11. The lowest BCUT2D eigenvalue weighted by atomic mass is 10.1. The molecule has 0 unspecified atom stereocenters. The minimum absolute atomic E-state index is 0.465. The van der Waals surface area contributed by atoms with Crippen molar-refractivity contribution in [1.82, 2.24) is 0 Å². The van der Waals surface area contributed by atoms with E-state index in [0.717, 1.165) is 49.2 Å². The fraction of sp³-hybridized carbons (Fsp3) is 0.154. The Morgan fingerprint density at radius 2 is 0.417 bits per heavy atom. The van der Waals surface area contributed by atoms with Crippen molar-refractivity contribution in [2.45, 2.75) is 26.2 Å². The number of pyridine rings is 4. The largest absolute Gasteiger partial charge is 0.490 e. The summed E-state index contributed by atoms with van der Waals surface area (Å²) in [5.74, 6) is 3.32. The number of ether oxygens (including phenoxy) is 4.